The number of rotatable bonds is 2. The first kappa shape index (κ1) is 10.6. The van der Waals surface area contributed by atoms with Crippen LogP contribution in [0.3, 0.4) is 0 Å². The molecule has 2 rings (SSSR count). The van der Waals surface area contributed by atoms with E-state index in [4.69, 9.17) is 11.6 Å². The normalized spacial score (nSPS) is 10.4. The van der Waals surface area contributed by atoms with E-state index in [1.54, 1.807) is 24.0 Å². The van der Waals surface area contributed by atoms with Crippen LogP contribution in [0.4, 0.5) is 5.69 Å². The number of nitro groups is 1. The van der Waals surface area contributed by atoms with Gasteiger partial charge in [-0.25, -0.2) is 9.97 Å². The Kier molecular flexibility index (Phi) is 2.57. The molecule has 0 amide bonds. The largest absolute Gasteiger partial charge is 0.333 e. The molecule has 0 bridgehead atoms. The van der Waals surface area contributed by atoms with Crippen LogP contribution in [-0.4, -0.2) is 19.5 Å². The molecule has 6 nitrogen and oxygen atoms in total. The van der Waals surface area contributed by atoms with Gasteiger partial charge in [-0.1, -0.05) is 11.6 Å². The molecule has 0 saturated heterocycles. The molecule has 0 radical (unpaired) electrons. The molecule has 0 atom stereocenters. The van der Waals surface area contributed by atoms with Crippen molar-refractivity contribution in [2.75, 3.05) is 0 Å². The van der Waals surface area contributed by atoms with Crippen molar-refractivity contribution < 1.29 is 4.92 Å². The first-order chi connectivity index (χ1) is 7.58. The first-order valence-corrected chi connectivity index (χ1v) is 4.75. The highest BCUT2D eigenvalue weighted by atomic mass is 35.5. The van der Waals surface area contributed by atoms with Crippen molar-refractivity contribution in [1.82, 2.24) is 14.5 Å². The third kappa shape index (κ3) is 1.87. The summed E-state index contributed by atoms with van der Waals surface area (Å²) >= 11 is 5.71. The third-order valence-corrected chi connectivity index (χ3v) is 2.23. The summed E-state index contributed by atoms with van der Waals surface area (Å²) < 4.78 is 1.71. The molecule has 0 fully saturated rings. The molecule has 16 heavy (non-hydrogen) atoms. The van der Waals surface area contributed by atoms with Crippen molar-refractivity contribution in [2.24, 2.45) is 7.05 Å². The number of pyridine rings is 1. The van der Waals surface area contributed by atoms with E-state index >= 15 is 0 Å². The summed E-state index contributed by atoms with van der Waals surface area (Å²) in [5.74, 6) is 0.533. The number of nitrogens with zero attached hydrogens (tertiary/aromatic N) is 4. The SMILES string of the molecule is Cn1ccnc1-c1cc([N+](=O)[O-])cc(Cl)n1. The van der Waals surface area contributed by atoms with Gasteiger partial charge in [-0.05, 0) is 0 Å². The van der Waals surface area contributed by atoms with E-state index < -0.39 is 4.92 Å². The summed E-state index contributed by atoms with van der Waals surface area (Å²) in [5.41, 5.74) is 0.282. The second kappa shape index (κ2) is 3.90. The molecule has 2 heterocycles. The predicted molar refractivity (Wildman–Crippen MR) is 58.1 cm³/mol. The van der Waals surface area contributed by atoms with Gasteiger partial charge in [-0.3, -0.25) is 10.1 Å². The van der Waals surface area contributed by atoms with Crippen molar-refractivity contribution in [2.45, 2.75) is 0 Å². The van der Waals surface area contributed by atoms with Gasteiger partial charge in [0.05, 0.1) is 11.0 Å². The molecule has 0 spiro atoms. The Morgan fingerprint density at radius 2 is 2.25 bits per heavy atom. The van der Waals surface area contributed by atoms with Crippen LogP contribution in [0.15, 0.2) is 24.5 Å². The van der Waals surface area contributed by atoms with Gasteiger partial charge >= 0.3 is 0 Å². The predicted octanol–water partition coefficient (Wildman–Crippen LogP) is 2.04. The monoisotopic (exact) mass is 238 g/mol. The molecule has 2 aromatic rings. The van der Waals surface area contributed by atoms with E-state index in [-0.39, 0.29) is 10.8 Å². The van der Waals surface area contributed by atoms with Gasteiger partial charge < -0.3 is 4.57 Å². The highest BCUT2D eigenvalue weighted by molar-refractivity contribution is 6.29. The Bertz CT molecular complexity index is 552. The molecule has 0 unspecified atom stereocenters. The van der Waals surface area contributed by atoms with Gasteiger partial charge in [0.2, 0.25) is 0 Å². The Hall–Kier alpha value is -1.95. The number of aryl methyl sites for hydroxylation is 1. The van der Waals surface area contributed by atoms with E-state index in [1.807, 2.05) is 0 Å². The molecule has 0 aromatic carbocycles. The minimum Gasteiger partial charge on any atom is -0.333 e. The summed E-state index contributed by atoms with van der Waals surface area (Å²) in [5, 5.41) is 10.7. The molecule has 0 aliphatic rings. The van der Waals surface area contributed by atoms with Crippen LogP contribution in [0.1, 0.15) is 0 Å². The quantitative estimate of drug-likeness (QED) is 0.456. The number of halogens is 1. The van der Waals surface area contributed by atoms with Gasteiger partial charge in [0.15, 0.2) is 5.82 Å². The summed E-state index contributed by atoms with van der Waals surface area (Å²) in [4.78, 5) is 18.2. The highest BCUT2D eigenvalue weighted by Gasteiger charge is 2.13. The van der Waals surface area contributed by atoms with Crippen LogP contribution in [-0.2, 0) is 7.05 Å². The van der Waals surface area contributed by atoms with Crippen LogP contribution < -0.4 is 0 Å². The van der Waals surface area contributed by atoms with E-state index in [2.05, 4.69) is 9.97 Å². The summed E-state index contributed by atoms with van der Waals surface area (Å²) in [6.07, 6.45) is 3.31. The van der Waals surface area contributed by atoms with Gasteiger partial charge in [-0.2, -0.15) is 0 Å². The topological polar surface area (TPSA) is 73.8 Å². The number of hydrogen-bond donors (Lipinski definition) is 0. The first-order valence-electron chi connectivity index (χ1n) is 4.37. The summed E-state index contributed by atoms with van der Waals surface area (Å²) in [6.45, 7) is 0. The zero-order chi connectivity index (χ0) is 11.7. The zero-order valence-corrected chi connectivity index (χ0v) is 9.05. The average molecular weight is 239 g/mol. The number of hydrogen-bond acceptors (Lipinski definition) is 4. The van der Waals surface area contributed by atoms with Crippen LogP contribution in [0.25, 0.3) is 11.5 Å². The lowest BCUT2D eigenvalue weighted by molar-refractivity contribution is -0.384. The second-order valence-electron chi connectivity index (χ2n) is 3.15. The van der Waals surface area contributed by atoms with Gasteiger partial charge in [0, 0.05) is 25.5 Å². The molecule has 0 aliphatic carbocycles. The molecule has 82 valence electrons. The Labute approximate surface area is 95.7 Å². The van der Waals surface area contributed by atoms with Crippen molar-refractivity contribution >= 4 is 17.3 Å². The molecular formula is C9H7ClN4O2. The molecule has 2 aromatic heterocycles. The molecule has 0 aliphatic heterocycles. The molecular weight excluding hydrogens is 232 g/mol. The lowest BCUT2D eigenvalue weighted by Crippen LogP contribution is -1.96. The minimum absolute atomic E-state index is 0.0761. The number of aromatic nitrogens is 3. The average Bonchev–Trinajstić information content (AvgIpc) is 2.63. The van der Waals surface area contributed by atoms with Crippen molar-refractivity contribution in [3.8, 4) is 11.5 Å². The fraction of sp³-hybridized carbons (Fsp3) is 0.111. The lowest BCUT2D eigenvalue weighted by Gasteiger charge is -2.01. The van der Waals surface area contributed by atoms with E-state index in [1.165, 1.54) is 12.1 Å². The van der Waals surface area contributed by atoms with Crippen LogP contribution in [0.2, 0.25) is 5.15 Å². The van der Waals surface area contributed by atoms with Crippen LogP contribution >= 0.6 is 11.6 Å². The Morgan fingerprint density at radius 3 is 2.81 bits per heavy atom. The maximum Gasteiger partial charge on any atom is 0.274 e. The lowest BCUT2D eigenvalue weighted by atomic mass is 10.3. The van der Waals surface area contributed by atoms with Crippen molar-refractivity contribution in [3.63, 3.8) is 0 Å². The standard InChI is InChI=1S/C9H7ClN4O2/c1-13-3-2-11-9(13)7-4-6(14(15)16)5-8(10)12-7/h2-5H,1H3. The smallest absolute Gasteiger partial charge is 0.274 e. The van der Waals surface area contributed by atoms with Crippen molar-refractivity contribution in [1.29, 1.82) is 0 Å². The molecule has 0 N–H and O–H groups in total. The zero-order valence-electron chi connectivity index (χ0n) is 8.29. The fourth-order valence-corrected chi connectivity index (χ4v) is 1.52. The fourth-order valence-electron chi connectivity index (χ4n) is 1.32. The maximum absolute atomic E-state index is 10.7. The van der Waals surface area contributed by atoms with E-state index in [0.29, 0.717) is 11.5 Å². The van der Waals surface area contributed by atoms with Crippen molar-refractivity contribution in [3.05, 3.63) is 39.8 Å². The van der Waals surface area contributed by atoms with Crippen LogP contribution in [0, 0.1) is 10.1 Å². The highest BCUT2D eigenvalue weighted by Crippen LogP contribution is 2.23. The van der Waals surface area contributed by atoms with Gasteiger partial charge in [0.1, 0.15) is 10.8 Å². The Balaban J connectivity index is 2.58. The van der Waals surface area contributed by atoms with E-state index in [9.17, 15) is 10.1 Å². The minimum atomic E-state index is -0.514. The maximum atomic E-state index is 10.7. The summed E-state index contributed by atoms with van der Waals surface area (Å²) in [7, 11) is 1.77. The van der Waals surface area contributed by atoms with Gasteiger partial charge in [0.25, 0.3) is 5.69 Å². The molecule has 7 heteroatoms. The third-order valence-electron chi connectivity index (χ3n) is 2.04. The summed E-state index contributed by atoms with van der Waals surface area (Å²) in [6, 6.07) is 2.54. The van der Waals surface area contributed by atoms with E-state index in [0.717, 1.165) is 0 Å². The van der Waals surface area contributed by atoms with Crippen LogP contribution in [0.5, 0.6) is 0 Å². The second-order valence-corrected chi connectivity index (χ2v) is 3.54. The Morgan fingerprint density at radius 1 is 1.50 bits per heavy atom. The molecule has 0 saturated carbocycles. The van der Waals surface area contributed by atoms with Gasteiger partial charge in [-0.15, -0.1) is 0 Å². The number of imidazole rings is 1.